The number of aromatic nitrogens is 1. The fourth-order valence-corrected chi connectivity index (χ4v) is 2.70. The highest BCUT2D eigenvalue weighted by atomic mass is 16.5. The summed E-state index contributed by atoms with van der Waals surface area (Å²) >= 11 is 0. The maximum Gasteiger partial charge on any atom is 0.330 e. The summed E-state index contributed by atoms with van der Waals surface area (Å²) < 4.78 is 5.25. The van der Waals surface area contributed by atoms with Crippen molar-refractivity contribution in [1.82, 2.24) is 10.3 Å². The molecule has 1 fully saturated rings. The van der Waals surface area contributed by atoms with Crippen LogP contribution in [0.5, 0.6) is 0 Å². The lowest BCUT2D eigenvalue weighted by molar-refractivity contribution is -0.151. The van der Waals surface area contributed by atoms with Crippen molar-refractivity contribution in [3.63, 3.8) is 0 Å². The van der Waals surface area contributed by atoms with Gasteiger partial charge in [0, 0.05) is 18.4 Å². The van der Waals surface area contributed by atoms with E-state index in [1.807, 2.05) is 26.0 Å². The van der Waals surface area contributed by atoms with Crippen LogP contribution in [0.25, 0.3) is 0 Å². The average molecular weight is 262 g/mol. The van der Waals surface area contributed by atoms with Crippen LogP contribution in [-0.4, -0.2) is 23.6 Å². The molecular formula is C15H22N2O2. The highest BCUT2D eigenvalue weighted by Gasteiger charge is 2.39. The summed E-state index contributed by atoms with van der Waals surface area (Å²) in [7, 11) is 0. The van der Waals surface area contributed by atoms with E-state index in [1.54, 1.807) is 12.4 Å². The number of ether oxygens (including phenoxy) is 1. The van der Waals surface area contributed by atoms with Crippen LogP contribution in [0.2, 0.25) is 0 Å². The van der Waals surface area contributed by atoms with Gasteiger partial charge in [0.1, 0.15) is 5.54 Å². The third kappa shape index (κ3) is 3.13. The summed E-state index contributed by atoms with van der Waals surface area (Å²) in [6, 6.07) is 4.14. The maximum atomic E-state index is 12.3. The molecule has 1 aliphatic carbocycles. The van der Waals surface area contributed by atoms with E-state index in [1.165, 1.54) is 12.8 Å². The summed E-state index contributed by atoms with van der Waals surface area (Å²) in [6.45, 7) is 4.13. The second kappa shape index (κ2) is 6.15. The predicted octanol–water partition coefficient (Wildman–Crippen LogP) is 2.39. The Balaban J connectivity index is 2.23. The summed E-state index contributed by atoms with van der Waals surface area (Å²) in [6.07, 6.45) is 8.13. The van der Waals surface area contributed by atoms with Gasteiger partial charge in [-0.1, -0.05) is 12.8 Å². The Kier molecular flexibility index (Phi) is 4.53. The summed E-state index contributed by atoms with van der Waals surface area (Å²) in [5.74, 6) is -0.215. The molecule has 1 atom stereocenters. The molecule has 2 rings (SSSR count). The van der Waals surface area contributed by atoms with E-state index in [9.17, 15) is 4.79 Å². The van der Waals surface area contributed by atoms with Crippen molar-refractivity contribution in [1.29, 1.82) is 0 Å². The summed E-state index contributed by atoms with van der Waals surface area (Å²) in [4.78, 5) is 16.4. The van der Waals surface area contributed by atoms with Crippen LogP contribution in [0, 0.1) is 0 Å². The van der Waals surface area contributed by atoms with Crippen molar-refractivity contribution in [2.45, 2.75) is 51.1 Å². The molecule has 1 unspecified atom stereocenters. The second-order valence-corrected chi connectivity index (χ2v) is 5.21. The van der Waals surface area contributed by atoms with Gasteiger partial charge in [-0.3, -0.25) is 10.3 Å². The van der Waals surface area contributed by atoms with Gasteiger partial charge < -0.3 is 4.74 Å². The number of esters is 1. The molecule has 1 N–H and O–H groups in total. The molecule has 1 aromatic rings. The molecule has 4 heteroatoms. The number of nitrogens with zero attached hydrogens (tertiary/aromatic N) is 1. The Morgan fingerprint density at radius 1 is 1.42 bits per heavy atom. The first kappa shape index (κ1) is 14.0. The summed E-state index contributed by atoms with van der Waals surface area (Å²) in [5, 5.41) is 3.49. The molecule has 1 saturated carbocycles. The van der Waals surface area contributed by atoms with Crippen molar-refractivity contribution in [3.8, 4) is 0 Å². The highest BCUT2D eigenvalue weighted by molar-refractivity contribution is 5.82. The van der Waals surface area contributed by atoms with Gasteiger partial charge in [-0.05, 0) is 44.4 Å². The van der Waals surface area contributed by atoms with Gasteiger partial charge >= 0.3 is 5.97 Å². The minimum absolute atomic E-state index is 0.215. The lowest BCUT2D eigenvalue weighted by Gasteiger charge is -2.32. The molecule has 0 aromatic carbocycles. The first-order chi connectivity index (χ1) is 9.16. The van der Waals surface area contributed by atoms with Crippen molar-refractivity contribution < 1.29 is 9.53 Å². The van der Waals surface area contributed by atoms with Gasteiger partial charge in [-0.15, -0.1) is 0 Å². The molecule has 0 aliphatic heterocycles. The molecule has 104 valence electrons. The van der Waals surface area contributed by atoms with Crippen LogP contribution >= 0.6 is 0 Å². The van der Waals surface area contributed by atoms with Crippen LogP contribution in [0.1, 0.15) is 45.1 Å². The van der Waals surface area contributed by atoms with Crippen molar-refractivity contribution in [2.75, 3.05) is 6.61 Å². The zero-order valence-corrected chi connectivity index (χ0v) is 11.7. The van der Waals surface area contributed by atoms with Crippen LogP contribution < -0.4 is 5.32 Å². The van der Waals surface area contributed by atoms with Gasteiger partial charge in [0.2, 0.25) is 0 Å². The van der Waals surface area contributed by atoms with Gasteiger partial charge in [-0.25, -0.2) is 4.79 Å². The standard InChI is InChI=1S/C15H22N2O2/c1-3-19-14(18)15(2,12-8-10-16-11-9-12)17-13-6-4-5-7-13/h8-11,13,17H,3-7H2,1-2H3. The topological polar surface area (TPSA) is 51.2 Å². The van der Waals surface area contributed by atoms with E-state index in [-0.39, 0.29) is 5.97 Å². The number of carbonyl (C=O) groups is 1. The van der Waals surface area contributed by atoms with Crippen molar-refractivity contribution in [2.24, 2.45) is 0 Å². The lowest BCUT2D eigenvalue weighted by Crippen LogP contribution is -2.51. The van der Waals surface area contributed by atoms with E-state index in [0.717, 1.165) is 18.4 Å². The lowest BCUT2D eigenvalue weighted by atomic mass is 9.91. The Morgan fingerprint density at radius 2 is 2.05 bits per heavy atom. The largest absolute Gasteiger partial charge is 0.464 e. The fraction of sp³-hybridized carbons (Fsp3) is 0.600. The first-order valence-corrected chi connectivity index (χ1v) is 7.02. The zero-order chi connectivity index (χ0) is 13.7. The van der Waals surface area contributed by atoms with Crippen molar-refractivity contribution in [3.05, 3.63) is 30.1 Å². The van der Waals surface area contributed by atoms with Crippen LogP contribution in [0.3, 0.4) is 0 Å². The van der Waals surface area contributed by atoms with Gasteiger partial charge in [0.05, 0.1) is 6.61 Å². The SMILES string of the molecule is CCOC(=O)C(C)(NC1CCCC1)c1ccncc1. The van der Waals surface area contributed by atoms with E-state index < -0.39 is 5.54 Å². The number of carbonyl (C=O) groups excluding carboxylic acids is 1. The van der Waals surface area contributed by atoms with E-state index in [0.29, 0.717) is 12.6 Å². The highest BCUT2D eigenvalue weighted by Crippen LogP contribution is 2.27. The fourth-order valence-electron chi connectivity index (χ4n) is 2.70. The number of hydrogen-bond acceptors (Lipinski definition) is 4. The number of pyridine rings is 1. The van der Waals surface area contributed by atoms with E-state index >= 15 is 0 Å². The molecule has 1 heterocycles. The van der Waals surface area contributed by atoms with Crippen LogP contribution in [0.4, 0.5) is 0 Å². The molecule has 19 heavy (non-hydrogen) atoms. The monoisotopic (exact) mass is 262 g/mol. The Bertz CT molecular complexity index is 415. The van der Waals surface area contributed by atoms with Gasteiger partial charge in [-0.2, -0.15) is 0 Å². The minimum atomic E-state index is -0.784. The number of hydrogen-bond donors (Lipinski definition) is 1. The molecule has 4 nitrogen and oxygen atoms in total. The molecule has 0 spiro atoms. The number of nitrogens with one attached hydrogen (secondary N) is 1. The van der Waals surface area contributed by atoms with Crippen LogP contribution in [-0.2, 0) is 15.1 Å². The third-order valence-electron chi connectivity index (χ3n) is 3.79. The van der Waals surface area contributed by atoms with Gasteiger partial charge in [0.25, 0.3) is 0 Å². The first-order valence-electron chi connectivity index (χ1n) is 7.02. The predicted molar refractivity (Wildman–Crippen MR) is 73.6 cm³/mol. The quantitative estimate of drug-likeness (QED) is 0.828. The second-order valence-electron chi connectivity index (χ2n) is 5.21. The Hall–Kier alpha value is -1.42. The maximum absolute atomic E-state index is 12.3. The van der Waals surface area contributed by atoms with Gasteiger partial charge in [0.15, 0.2) is 0 Å². The van der Waals surface area contributed by atoms with E-state index in [4.69, 9.17) is 4.74 Å². The molecule has 1 aromatic heterocycles. The molecule has 0 radical (unpaired) electrons. The zero-order valence-electron chi connectivity index (χ0n) is 11.7. The van der Waals surface area contributed by atoms with E-state index in [2.05, 4.69) is 10.3 Å². The minimum Gasteiger partial charge on any atom is -0.464 e. The van der Waals surface area contributed by atoms with Crippen molar-refractivity contribution >= 4 is 5.97 Å². The van der Waals surface area contributed by atoms with Crippen LogP contribution in [0.15, 0.2) is 24.5 Å². The summed E-state index contributed by atoms with van der Waals surface area (Å²) in [5.41, 5.74) is 0.126. The molecule has 0 bridgehead atoms. The molecule has 1 aliphatic rings. The molecule has 0 amide bonds. The average Bonchev–Trinajstić information content (AvgIpc) is 2.92. The molecular weight excluding hydrogens is 240 g/mol. The third-order valence-corrected chi connectivity index (χ3v) is 3.79. The smallest absolute Gasteiger partial charge is 0.330 e. The normalized spacial score (nSPS) is 19.1. The molecule has 0 saturated heterocycles. The Labute approximate surface area is 114 Å². The Morgan fingerprint density at radius 3 is 2.63 bits per heavy atom. The number of rotatable bonds is 5.